The van der Waals surface area contributed by atoms with Crippen LogP contribution in [0.25, 0.3) is 0 Å². The minimum atomic E-state index is -0.535. The summed E-state index contributed by atoms with van der Waals surface area (Å²) in [5, 5.41) is 10.2. The maximum Gasteiger partial charge on any atom is 0.232 e. The average molecular weight is 302 g/mol. The lowest BCUT2D eigenvalue weighted by Crippen LogP contribution is -2.31. The summed E-state index contributed by atoms with van der Waals surface area (Å²) in [5.74, 6) is -0.666. The second-order valence-electron chi connectivity index (χ2n) is 5.44. The van der Waals surface area contributed by atoms with Gasteiger partial charge >= 0.3 is 0 Å². The van der Waals surface area contributed by atoms with Gasteiger partial charge in [0.15, 0.2) is 0 Å². The molecule has 3 nitrogen and oxygen atoms in total. The highest BCUT2D eigenvalue weighted by Crippen LogP contribution is 2.14. The molecule has 1 amide bonds. The molecule has 0 aliphatic carbocycles. The molecule has 3 heteroatoms. The lowest BCUT2D eigenvalue weighted by Gasteiger charge is -2.10. The molecule has 0 saturated heterocycles. The van der Waals surface area contributed by atoms with Crippen molar-refractivity contribution in [2.75, 3.05) is 6.54 Å². The molecule has 0 aliphatic rings. The summed E-state index contributed by atoms with van der Waals surface area (Å²) in [4.78, 5) is 11.9. The Hall–Kier alpha value is -1.90. The zero-order valence-electron chi connectivity index (χ0n) is 14.4. The first-order valence-electron chi connectivity index (χ1n) is 7.97. The van der Waals surface area contributed by atoms with Crippen molar-refractivity contribution >= 4 is 12.1 Å². The van der Waals surface area contributed by atoms with Crippen molar-refractivity contribution in [1.82, 2.24) is 5.32 Å². The number of hydrogen-bond donors (Lipinski definition) is 2. The number of carbonyl (C=O) groups is 1. The lowest BCUT2D eigenvalue weighted by atomic mass is 10.0. The van der Waals surface area contributed by atoms with Crippen LogP contribution in [0.2, 0.25) is 0 Å². The van der Waals surface area contributed by atoms with E-state index in [2.05, 4.69) is 31.0 Å². The van der Waals surface area contributed by atoms with Gasteiger partial charge in [-0.2, -0.15) is 0 Å². The number of hydrogen-bond acceptors (Lipinski definition) is 2. The van der Waals surface area contributed by atoms with E-state index in [9.17, 15) is 4.79 Å². The van der Waals surface area contributed by atoms with E-state index in [1.165, 1.54) is 6.21 Å². The van der Waals surface area contributed by atoms with Gasteiger partial charge in [0.2, 0.25) is 5.91 Å². The molecular formula is C19H30N2O. The fourth-order valence-corrected chi connectivity index (χ4v) is 1.81. The van der Waals surface area contributed by atoms with Crippen molar-refractivity contribution in [2.24, 2.45) is 5.92 Å². The first-order chi connectivity index (χ1) is 10.5. The summed E-state index contributed by atoms with van der Waals surface area (Å²) in [6.07, 6.45) is 12.3. The molecule has 2 N–H and O–H groups in total. The summed E-state index contributed by atoms with van der Waals surface area (Å²) in [5.41, 5.74) is 2.92. The van der Waals surface area contributed by atoms with Crippen LogP contribution in [0, 0.1) is 11.3 Å². The summed E-state index contributed by atoms with van der Waals surface area (Å²) in [6, 6.07) is 0. The molecule has 0 aromatic carbocycles. The van der Waals surface area contributed by atoms with E-state index in [4.69, 9.17) is 5.41 Å². The van der Waals surface area contributed by atoms with Crippen LogP contribution >= 0.6 is 0 Å². The van der Waals surface area contributed by atoms with Gasteiger partial charge < -0.3 is 10.7 Å². The van der Waals surface area contributed by atoms with Gasteiger partial charge in [0.25, 0.3) is 0 Å². The van der Waals surface area contributed by atoms with Gasteiger partial charge in [-0.05, 0) is 37.8 Å². The van der Waals surface area contributed by atoms with Crippen LogP contribution in [0.5, 0.6) is 0 Å². The predicted molar refractivity (Wildman–Crippen MR) is 96.3 cm³/mol. The number of carbonyl (C=O) groups excluding carboxylic acids is 1. The fraction of sp³-hybridized carbons (Fsp3) is 0.474. The van der Waals surface area contributed by atoms with Crippen molar-refractivity contribution in [3.63, 3.8) is 0 Å². The summed E-state index contributed by atoms with van der Waals surface area (Å²) in [6.45, 7) is 12.8. The van der Waals surface area contributed by atoms with Gasteiger partial charge in [-0.25, -0.2) is 0 Å². The SMILES string of the molecule is C=C(/C=C(C)\C=C/CCC)/C(C)=C/C(C=N)C(=O)NCCC. The number of unbranched alkanes of at least 4 members (excludes halogenated alkanes) is 1. The largest absolute Gasteiger partial charge is 0.355 e. The molecule has 1 unspecified atom stereocenters. The molecule has 0 heterocycles. The second kappa shape index (κ2) is 11.7. The molecule has 0 spiro atoms. The Bertz CT molecular complexity index is 470. The van der Waals surface area contributed by atoms with Gasteiger partial charge in [0.1, 0.15) is 0 Å². The Morgan fingerprint density at radius 3 is 2.50 bits per heavy atom. The molecular weight excluding hydrogens is 272 g/mol. The van der Waals surface area contributed by atoms with E-state index in [0.29, 0.717) is 6.54 Å². The molecule has 22 heavy (non-hydrogen) atoms. The topological polar surface area (TPSA) is 53.0 Å². The van der Waals surface area contributed by atoms with Crippen molar-refractivity contribution in [3.8, 4) is 0 Å². The van der Waals surface area contributed by atoms with E-state index in [0.717, 1.165) is 36.0 Å². The molecule has 0 rings (SSSR count). The molecule has 0 aromatic rings. The minimum Gasteiger partial charge on any atom is -0.355 e. The van der Waals surface area contributed by atoms with Gasteiger partial charge in [0.05, 0.1) is 5.92 Å². The fourth-order valence-electron chi connectivity index (χ4n) is 1.81. The van der Waals surface area contributed by atoms with Gasteiger partial charge in [-0.15, -0.1) is 0 Å². The Labute approximate surface area is 135 Å². The lowest BCUT2D eigenvalue weighted by molar-refractivity contribution is -0.121. The molecule has 0 radical (unpaired) electrons. The average Bonchev–Trinajstić information content (AvgIpc) is 2.49. The third-order valence-corrected chi connectivity index (χ3v) is 3.21. The van der Waals surface area contributed by atoms with Crippen LogP contribution in [0.4, 0.5) is 0 Å². The monoisotopic (exact) mass is 302 g/mol. The Morgan fingerprint density at radius 1 is 1.27 bits per heavy atom. The Balaban J connectivity index is 4.86. The summed E-state index contributed by atoms with van der Waals surface area (Å²) < 4.78 is 0. The van der Waals surface area contributed by atoms with Gasteiger partial charge in [0, 0.05) is 12.8 Å². The molecule has 0 bridgehead atoms. The van der Waals surface area contributed by atoms with E-state index < -0.39 is 5.92 Å². The van der Waals surface area contributed by atoms with Crippen LogP contribution in [0.3, 0.4) is 0 Å². The number of rotatable bonds is 10. The molecule has 0 aromatic heterocycles. The van der Waals surface area contributed by atoms with Crippen LogP contribution in [0.1, 0.15) is 47.0 Å². The van der Waals surface area contributed by atoms with Crippen molar-refractivity contribution in [1.29, 1.82) is 5.41 Å². The molecule has 122 valence electrons. The maximum absolute atomic E-state index is 11.9. The number of amides is 1. The highest BCUT2D eigenvalue weighted by atomic mass is 16.1. The number of allylic oxidation sites excluding steroid dienone is 6. The van der Waals surface area contributed by atoms with Crippen molar-refractivity contribution < 1.29 is 4.79 Å². The van der Waals surface area contributed by atoms with E-state index in [1.54, 1.807) is 6.08 Å². The minimum absolute atomic E-state index is 0.132. The maximum atomic E-state index is 11.9. The first kappa shape index (κ1) is 20.1. The van der Waals surface area contributed by atoms with Crippen LogP contribution in [-0.4, -0.2) is 18.7 Å². The summed E-state index contributed by atoms with van der Waals surface area (Å²) >= 11 is 0. The first-order valence-corrected chi connectivity index (χ1v) is 7.97. The van der Waals surface area contributed by atoms with Crippen LogP contribution < -0.4 is 5.32 Å². The van der Waals surface area contributed by atoms with Crippen molar-refractivity contribution in [2.45, 2.75) is 47.0 Å². The highest BCUT2D eigenvalue weighted by Gasteiger charge is 2.12. The summed E-state index contributed by atoms with van der Waals surface area (Å²) in [7, 11) is 0. The highest BCUT2D eigenvalue weighted by molar-refractivity contribution is 5.94. The predicted octanol–water partition coefficient (Wildman–Crippen LogP) is 4.58. The van der Waals surface area contributed by atoms with E-state index >= 15 is 0 Å². The van der Waals surface area contributed by atoms with Crippen LogP contribution in [-0.2, 0) is 4.79 Å². The van der Waals surface area contributed by atoms with E-state index in [1.807, 2.05) is 26.8 Å². The van der Waals surface area contributed by atoms with Crippen molar-refractivity contribution in [3.05, 3.63) is 47.6 Å². The molecule has 1 atom stereocenters. The third-order valence-electron chi connectivity index (χ3n) is 3.21. The van der Waals surface area contributed by atoms with Gasteiger partial charge in [-0.1, -0.05) is 56.7 Å². The molecule has 0 saturated carbocycles. The smallest absolute Gasteiger partial charge is 0.232 e. The third kappa shape index (κ3) is 8.40. The van der Waals surface area contributed by atoms with Gasteiger partial charge in [-0.3, -0.25) is 4.79 Å². The zero-order chi connectivity index (χ0) is 17.0. The second-order valence-corrected chi connectivity index (χ2v) is 5.44. The molecule has 0 aliphatic heterocycles. The number of nitrogens with one attached hydrogen (secondary N) is 2. The Morgan fingerprint density at radius 2 is 1.95 bits per heavy atom. The quantitative estimate of drug-likeness (QED) is 0.450. The molecule has 0 fully saturated rings. The normalized spacial score (nSPS) is 14.0. The van der Waals surface area contributed by atoms with Crippen LogP contribution in [0.15, 0.2) is 47.6 Å². The van der Waals surface area contributed by atoms with E-state index in [-0.39, 0.29) is 5.91 Å². The standard InChI is InChI=1S/C19H30N2O/c1-6-8-9-10-15(3)12-16(4)17(5)13-18(14-20)19(22)21-11-7-2/h9-10,12-14,18,20H,4,6-8,11H2,1-3,5H3,(H,21,22)/b10-9-,15-12-,17-13+,20-14?. The Kier molecular flexibility index (Phi) is 10.7. The zero-order valence-corrected chi connectivity index (χ0v) is 14.4.